The molecule has 1 aliphatic heterocycles. The second kappa shape index (κ2) is 5.98. The molecule has 0 aliphatic carbocycles. The van der Waals surface area contributed by atoms with Crippen molar-refractivity contribution in [2.24, 2.45) is 10.4 Å². The van der Waals surface area contributed by atoms with Gasteiger partial charge in [0.15, 0.2) is 5.17 Å². The monoisotopic (exact) mass is 282 g/mol. The number of benzene rings is 1. The summed E-state index contributed by atoms with van der Waals surface area (Å²) in [5, 5.41) is 5.13. The van der Waals surface area contributed by atoms with Crippen LogP contribution < -0.4 is 5.32 Å². The van der Waals surface area contributed by atoms with E-state index < -0.39 is 0 Å². The fourth-order valence-electron chi connectivity index (χ4n) is 1.96. The zero-order chi connectivity index (χ0) is 13.0. The third kappa shape index (κ3) is 3.21. The maximum atomic E-state index is 5.87. The van der Waals surface area contributed by atoms with Crippen molar-refractivity contribution in [2.75, 3.05) is 17.6 Å². The van der Waals surface area contributed by atoms with Crippen LogP contribution in [0.25, 0.3) is 0 Å². The molecule has 0 aromatic heterocycles. The van der Waals surface area contributed by atoms with Crippen molar-refractivity contribution >= 4 is 34.2 Å². The highest BCUT2D eigenvalue weighted by atomic mass is 35.5. The van der Waals surface area contributed by atoms with Crippen LogP contribution in [-0.4, -0.2) is 17.5 Å². The Morgan fingerprint density at radius 3 is 2.44 bits per heavy atom. The van der Waals surface area contributed by atoms with E-state index in [2.05, 4.69) is 24.2 Å². The van der Waals surface area contributed by atoms with Crippen LogP contribution in [0.15, 0.2) is 29.3 Å². The Morgan fingerprint density at radius 2 is 1.94 bits per heavy atom. The van der Waals surface area contributed by atoms with E-state index in [-0.39, 0.29) is 0 Å². The van der Waals surface area contributed by atoms with E-state index in [4.69, 9.17) is 11.6 Å². The van der Waals surface area contributed by atoms with E-state index in [1.807, 2.05) is 36.0 Å². The SMILES string of the molecule is CCC1(CC)CN=C(Nc2ccc(Cl)cc2)SC1. The van der Waals surface area contributed by atoms with Gasteiger partial charge in [0.2, 0.25) is 0 Å². The van der Waals surface area contributed by atoms with Gasteiger partial charge >= 0.3 is 0 Å². The van der Waals surface area contributed by atoms with Gasteiger partial charge in [-0.25, -0.2) is 0 Å². The maximum absolute atomic E-state index is 5.87. The van der Waals surface area contributed by atoms with Crippen molar-refractivity contribution in [2.45, 2.75) is 26.7 Å². The normalized spacial score (nSPS) is 18.3. The molecule has 0 fully saturated rings. The first-order valence-corrected chi connectivity index (χ1v) is 7.73. The predicted octanol–water partition coefficient (Wildman–Crippen LogP) is 4.66. The van der Waals surface area contributed by atoms with Gasteiger partial charge in [-0.1, -0.05) is 37.2 Å². The highest BCUT2D eigenvalue weighted by Gasteiger charge is 2.30. The van der Waals surface area contributed by atoms with Gasteiger partial charge in [0.25, 0.3) is 0 Å². The molecule has 0 saturated carbocycles. The van der Waals surface area contributed by atoms with E-state index >= 15 is 0 Å². The molecule has 1 aliphatic rings. The first kappa shape index (κ1) is 13.8. The maximum Gasteiger partial charge on any atom is 0.161 e. The van der Waals surface area contributed by atoms with Crippen LogP contribution in [0.3, 0.4) is 0 Å². The van der Waals surface area contributed by atoms with E-state index in [9.17, 15) is 0 Å². The summed E-state index contributed by atoms with van der Waals surface area (Å²) in [6.07, 6.45) is 2.41. The average Bonchev–Trinajstić information content (AvgIpc) is 2.43. The lowest BCUT2D eigenvalue weighted by Gasteiger charge is -2.33. The smallest absolute Gasteiger partial charge is 0.161 e. The molecule has 0 unspecified atom stereocenters. The number of hydrogen-bond donors (Lipinski definition) is 1. The van der Waals surface area contributed by atoms with Crippen LogP contribution in [0.2, 0.25) is 5.02 Å². The van der Waals surface area contributed by atoms with Gasteiger partial charge in [-0.3, -0.25) is 4.99 Å². The van der Waals surface area contributed by atoms with Gasteiger partial charge in [0, 0.05) is 23.0 Å². The summed E-state index contributed by atoms with van der Waals surface area (Å²) in [6, 6.07) is 7.74. The fraction of sp³-hybridized carbons (Fsp3) is 0.500. The molecule has 18 heavy (non-hydrogen) atoms. The molecule has 0 radical (unpaired) electrons. The number of halogens is 1. The molecule has 4 heteroatoms. The molecule has 1 heterocycles. The van der Waals surface area contributed by atoms with E-state index in [0.717, 1.165) is 28.2 Å². The lowest BCUT2D eigenvalue weighted by molar-refractivity contribution is 0.318. The minimum Gasteiger partial charge on any atom is -0.335 e. The highest BCUT2D eigenvalue weighted by Crippen LogP contribution is 2.35. The van der Waals surface area contributed by atoms with Gasteiger partial charge in [-0.2, -0.15) is 0 Å². The number of rotatable bonds is 3. The Labute approximate surface area is 118 Å². The Bertz CT molecular complexity index is 424. The quantitative estimate of drug-likeness (QED) is 0.872. The third-order valence-corrected chi connectivity index (χ3v) is 5.18. The molecule has 1 aromatic rings. The van der Waals surface area contributed by atoms with Crippen molar-refractivity contribution in [1.82, 2.24) is 0 Å². The van der Waals surface area contributed by atoms with Crippen molar-refractivity contribution in [3.05, 3.63) is 29.3 Å². The lowest BCUT2D eigenvalue weighted by atomic mass is 9.84. The zero-order valence-electron chi connectivity index (χ0n) is 10.9. The number of hydrogen-bond acceptors (Lipinski definition) is 3. The fourth-order valence-corrected chi connectivity index (χ4v) is 3.38. The molecular weight excluding hydrogens is 264 g/mol. The molecule has 0 bridgehead atoms. The molecule has 98 valence electrons. The summed E-state index contributed by atoms with van der Waals surface area (Å²) in [4.78, 5) is 4.68. The molecule has 2 nitrogen and oxygen atoms in total. The van der Waals surface area contributed by atoms with E-state index in [1.165, 1.54) is 12.8 Å². The van der Waals surface area contributed by atoms with Gasteiger partial charge in [0.05, 0.1) is 0 Å². The Kier molecular flexibility index (Phi) is 4.57. The van der Waals surface area contributed by atoms with Crippen LogP contribution in [0, 0.1) is 5.41 Å². The third-order valence-electron chi connectivity index (χ3n) is 3.67. The van der Waals surface area contributed by atoms with E-state index in [1.54, 1.807) is 0 Å². The van der Waals surface area contributed by atoms with Crippen LogP contribution in [-0.2, 0) is 0 Å². The molecule has 2 rings (SSSR count). The van der Waals surface area contributed by atoms with Gasteiger partial charge in [0.1, 0.15) is 0 Å². The van der Waals surface area contributed by atoms with Crippen LogP contribution >= 0.6 is 23.4 Å². The number of nitrogens with one attached hydrogen (secondary N) is 1. The lowest BCUT2D eigenvalue weighted by Crippen LogP contribution is -2.32. The average molecular weight is 283 g/mol. The second-order valence-corrected chi connectivity index (χ2v) is 6.15. The second-order valence-electron chi connectivity index (χ2n) is 4.75. The first-order valence-electron chi connectivity index (χ1n) is 6.37. The Morgan fingerprint density at radius 1 is 1.28 bits per heavy atom. The summed E-state index contributed by atoms with van der Waals surface area (Å²) < 4.78 is 0. The van der Waals surface area contributed by atoms with Crippen molar-refractivity contribution in [3.63, 3.8) is 0 Å². The number of aliphatic imine (C=N–C) groups is 1. The van der Waals surface area contributed by atoms with Gasteiger partial charge < -0.3 is 5.32 Å². The predicted molar refractivity (Wildman–Crippen MR) is 82.8 cm³/mol. The molecule has 0 atom stereocenters. The van der Waals surface area contributed by atoms with Gasteiger partial charge in [-0.05, 0) is 42.5 Å². The number of thioether (sulfide) groups is 1. The summed E-state index contributed by atoms with van der Waals surface area (Å²) in [5.41, 5.74) is 1.45. The Hall–Kier alpha value is -0.670. The molecule has 1 aromatic carbocycles. The Balaban J connectivity index is 2.00. The van der Waals surface area contributed by atoms with E-state index in [0.29, 0.717) is 5.41 Å². The minimum atomic E-state index is 0.399. The number of anilines is 1. The number of nitrogens with zero attached hydrogens (tertiary/aromatic N) is 1. The standard InChI is InChI=1S/C14H19ClN2S/c1-3-14(4-2)9-16-13(18-10-14)17-12-7-5-11(15)6-8-12/h5-8H,3-4,9-10H2,1-2H3,(H,16,17). The topological polar surface area (TPSA) is 24.4 Å². The first-order chi connectivity index (χ1) is 8.67. The summed E-state index contributed by atoms with van der Waals surface area (Å²) in [5.74, 6) is 1.15. The van der Waals surface area contributed by atoms with Crippen LogP contribution in [0.1, 0.15) is 26.7 Å². The van der Waals surface area contributed by atoms with Gasteiger partial charge in [-0.15, -0.1) is 0 Å². The highest BCUT2D eigenvalue weighted by molar-refractivity contribution is 8.14. The summed E-state index contributed by atoms with van der Waals surface area (Å²) in [7, 11) is 0. The zero-order valence-corrected chi connectivity index (χ0v) is 12.4. The van der Waals surface area contributed by atoms with Crippen molar-refractivity contribution < 1.29 is 0 Å². The molecule has 0 spiro atoms. The summed E-state index contributed by atoms with van der Waals surface area (Å²) >= 11 is 7.69. The molecule has 1 N–H and O–H groups in total. The van der Waals surface area contributed by atoms with Crippen molar-refractivity contribution in [3.8, 4) is 0 Å². The minimum absolute atomic E-state index is 0.399. The van der Waals surface area contributed by atoms with Crippen LogP contribution in [0.5, 0.6) is 0 Å². The van der Waals surface area contributed by atoms with Crippen LogP contribution in [0.4, 0.5) is 5.69 Å². The summed E-state index contributed by atoms with van der Waals surface area (Å²) in [6.45, 7) is 5.46. The van der Waals surface area contributed by atoms with Crippen molar-refractivity contribution in [1.29, 1.82) is 0 Å². The molecular formula is C14H19ClN2S. The molecule has 0 saturated heterocycles. The molecule has 0 amide bonds. The number of amidine groups is 1. The largest absolute Gasteiger partial charge is 0.335 e.